The lowest BCUT2D eigenvalue weighted by molar-refractivity contribution is 0.0203. The molecule has 0 aliphatic rings. The summed E-state index contributed by atoms with van der Waals surface area (Å²) >= 11 is 6.71. The molecule has 0 aliphatic heterocycles. The van der Waals surface area contributed by atoms with E-state index in [0.717, 1.165) is 32.8 Å². The standard InChI is InChI=1S/C42H48ClN5O6/c1-41(2,3)53-39(51)47(23-20-45-37-33-18-19-44-26-34(33)32-17-15-30(38(49)50)25-36(32)46-37)21-10-11-22-48(40(52)54-42(4,5)6)27-28-14-16-31(35(43)24-28)29-12-8-7-9-13-29/h7-9,12-19,24-26H,10-11,20-23,27H2,1-6H3,(H,45,46)(H,49,50). The number of fused-ring (bicyclic) bond motifs is 3. The van der Waals surface area contributed by atoms with Crippen LogP contribution in [-0.2, 0) is 16.0 Å². The number of nitrogens with zero attached hydrogens (tertiary/aromatic N) is 4. The summed E-state index contributed by atoms with van der Waals surface area (Å²) in [5.74, 6) is -0.486. The van der Waals surface area contributed by atoms with Crippen molar-refractivity contribution in [3.63, 3.8) is 0 Å². The number of carboxylic acids is 1. The Bertz CT molecular complexity index is 2110. The first kappa shape index (κ1) is 39.8. The number of aromatic carboxylic acids is 1. The number of carbonyl (C=O) groups is 3. The number of anilines is 1. The molecule has 0 aliphatic carbocycles. The van der Waals surface area contributed by atoms with Crippen LogP contribution in [0.4, 0.5) is 15.4 Å². The van der Waals surface area contributed by atoms with Crippen molar-refractivity contribution in [2.75, 3.05) is 31.5 Å². The van der Waals surface area contributed by atoms with Crippen LogP contribution >= 0.6 is 11.6 Å². The van der Waals surface area contributed by atoms with Crippen LogP contribution in [0, 0.1) is 0 Å². The van der Waals surface area contributed by atoms with Crippen LogP contribution in [0.2, 0.25) is 5.02 Å². The third-order valence-electron chi connectivity index (χ3n) is 8.42. The van der Waals surface area contributed by atoms with Crippen LogP contribution in [0.1, 0.15) is 70.3 Å². The number of hydrogen-bond acceptors (Lipinski definition) is 8. The molecule has 2 heterocycles. The van der Waals surface area contributed by atoms with E-state index in [-0.39, 0.29) is 5.56 Å². The Labute approximate surface area is 321 Å². The second-order valence-corrected chi connectivity index (χ2v) is 15.5. The number of nitrogens with one attached hydrogen (secondary N) is 1. The molecule has 12 heteroatoms. The molecule has 11 nitrogen and oxygen atoms in total. The number of pyridine rings is 2. The number of hydrogen-bond donors (Lipinski definition) is 2. The lowest BCUT2D eigenvalue weighted by atomic mass is 10.0. The second kappa shape index (κ2) is 17.2. The summed E-state index contributed by atoms with van der Waals surface area (Å²) in [6.45, 7) is 12.7. The Morgan fingerprint density at radius 3 is 2.09 bits per heavy atom. The van der Waals surface area contributed by atoms with Crippen molar-refractivity contribution in [1.82, 2.24) is 19.8 Å². The van der Waals surface area contributed by atoms with Crippen LogP contribution in [0.3, 0.4) is 0 Å². The van der Waals surface area contributed by atoms with E-state index < -0.39 is 29.4 Å². The van der Waals surface area contributed by atoms with Crippen molar-refractivity contribution in [2.24, 2.45) is 0 Å². The molecule has 2 amide bonds. The fraction of sp³-hybridized carbons (Fsp3) is 0.357. The highest BCUT2D eigenvalue weighted by Gasteiger charge is 2.25. The first-order valence-corrected chi connectivity index (χ1v) is 18.4. The van der Waals surface area contributed by atoms with E-state index in [1.54, 1.807) is 34.3 Å². The highest BCUT2D eigenvalue weighted by Crippen LogP contribution is 2.31. The van der Waals surface area contributed by atoms with E-state index in [0.29, 0.717) is 61.9 Å². The first-order chi connectivity index (χ1) is 25.6. The van der Waals surface area contributed by atoms with Gasteiger partial charge in [-0.2, -0.15) is 0 Å². The van der Waals surface area contributed by atoms with E-state index in [1.165, 1.54) is 6.07 Å². The van der Waals surface area contributed by atoms with Crippen molar-refractivity contribution in [1.29, 1.82) is 0 Å². The predicted octanol–water partition coefficient (Wildman–Crippen LogP) is 9.67. The van der Waals surface area contributed by atoms with Crippen molar-refractivity contribution >= 4 is 57.2 Å². The fourth-order valence-corrected chi connectivity index (χ4v) is 6.25. The van der Waals surface area contributed by atoms with E-state index in [9.17, 15) is 19.5 Å². The quantitative estimate of drug-likeness (QED) is 0.0890. The van der Waals surface area contributed by atoms with Gasteiger partial charge in [-0.3, -0.25) is 4.98 Å². The van der Waals surface area contributed by atoms with Gasteiger partial charge in [0.1, 0.15) is 17.0 Å². The number of aromatic nitrogens is 2. The third-order valence-corrected chi connectivity index (χ3v) is 8.73. The van der Waals surface area contributed by atoms with Gasteiger partial charge in [0.2, 0.25) is 0 Å². The topological polar surface area (TPSA) is 134 Å². The maximum Gasteiger partial charge on any atom is 0.410 e. The minimum absolute atomic E-state index is 0.135. The van der Waals surface area contributed by atoms with Gasteiger partial charge in [-0.05, 0) is 89.8 Å². The molecule has 0 atom stereocenters. The van der Waals surface area contributed by atoms with E-state index >= 15 is 0 Å². The molecule has 2 aromatic heterocycles. The summed E-state index contributed by atoms with van der Waals surface area (Å²) in [5.41, 5.74) is 2.08. The van der Waals surface area contributed by atoms with Gasteiger partial charge in [0.05, 0.1) is 11.1 Å². The highest BCUT2D eigenvalue weighted by atomic mass is 35.5. The smallest absolute Gasteiger partial charge is 0.410 e. The lowest BCUT2D eigenvalue weighted by Crippen LogP contribution is -2.40. The molecule has 0 radical (unpaired) electrons. The van der Waals surface area contributed by atoms with Crippen molar-refractivity contribution in [3.05, 3.63) is 101 Å². The summed E-state index contributed by atoms with van der Waals surface area (Å²) in [6, 6.07) is 22.4. The van der Waals surface area contributed by atoms with Crippen LogP contribution in [0.25, 0.3) is 32.8 Å². The van der Waals surface area contributed by atoms with Gasteiger partial charge in [0.15, 0.2) is 0 Å². The summed E-state index contributed by atoms with van der Waals surface area (Å²) < 4.78 is 11.5. The van der Waals surface area contributed by atoms with E-state index in [4.69, 9.17) is 26.1 Å². The van der Waals surface area contributed by atoms with Crippen LogP contribution in [0.5, 0.6) is 0 Å². The Morgan fingerprint density at radius 2 is 1.44 bits per heavy atom. The van der Waals surface area contributed by atoms with Crippen molar-refractivity contribution in [2.45, 2.75) is 72.1 Å². The molecule has 0 bridgehead atoms. The summed E-state index contributed by atoms with van der Waals surface area (Å²) in [7, 11) is 0. The summed E-state index contributed by atoms with van der Waals surface area (Å²) in [6.07, 6.45) is 3.71. The molecule has 284 valence electrons. The largest absolute Gasteiger partial charge is 0.478 e. The van der Waals surface area contributed by atoms with Crippen LogP contribution in [0.15, 0.2) is 85.2 Å². The first-order valence-electron chi connectivity index (χ1n) is 18.0. The Kier molecular flexibility index (Phi) is 12.6. The van der Waals surface area contributed by atoms with Gasteiger partial charge < -0.3 is 29.7 Å². The minimum atomic E-state index is -1.04. The monoisotopic (exact) mass is 753 g/mol. The number of benzene rings is 3. The molecule has 0 fully saturated rings. The SMILES string of the molecule is CC(C)(C)OC(=O)N(CCCCN(Cc1ccc(-c2ccccc2)c(Cl)c1)C(=O)OC(C)(C)C)CCNc1nc2cc(C(=O)O)ccc2c2cnccc12. The number of amides is 2. The molecular weight excluding hydrogens is 706 g/mol. The van der Waals surface area contributed by atoms with Crippen LogP contribution in [-0.4, -0.2) is 80.4 Å². The van der Waals surface area contributed by atoms with Gasteiger partial charge >= 0.3 is 18.2 Å². The molecule has 54 heavy (non-hydrogen) atoms. The third kappa shape index (κ3) is 10.8. The summed E-state index contributed by atoms with van der Waals surface area (Å²) in [4.78, 5) is 50.7. The maximum atomic E-state index is 13.4. The number of halogens is 1. The molecule has 0 spiro atoms. The number of unbranched alkanes of at least 4 members (excludes halogenated alkanes) is 1. The van der Waals surface area contributed by atoms with E-state index in [1.807, 2.05) is 96.1 Å². The fourth-order valence-electron chi connectivity index (χ4n) is 5.94. The molecule has 5 rings (SSSR count). The second-order valence-electron chi connectivity index (χ2n) is 15.1. The lowest BCUT2D eigenvalue weighted by Gasteiger charge is -2.29. The van der Waals surface area contributed by atoms with Gasteiger partial charge in [-0.25, -0.2) is 19.4 Å². The normalized spacial score (nSPS) is 11.7. The van der Waals surface area contributed by atoms with Gasteiger partial charge in [-0.1, -0.05) is 60.1 Å². The average Bonchev–Trinajstić information content (AvgIpc) is 3.10. The predicted molar refractivity (Wildman–Crippen MR) is 213 cm³/mol. The Morgan fingerprint density at radius 1 is 0.778 bits per heavy atom. The minimum Gasteiger partial charge on any atom is -0.478 e. The zero-order chi connectivity index (χ0) is 39.0. The molecule has 3 aromatic carbocycles. The zero-order valence-corrected chi connectivity index (χ0v) is 32.4. The maximum absolute atomic E-state index is 13.4. The number of carbonyl (C=O) groups excluding carboxylic acids is 2. The van der Waals surface area contributed by atoms with E-state index in [2.05, 4.69) is 10.3 Å². The average molecular weight is 754 g/mol. The molecule has 2 N–H and O–H groups in total. The van der Waals surface area contributed by atoms with Gasteiger partial charge in [-0.15, -0.1) is 0 Å². The molecule has 0 saturated heterocycles. The summed E-state index contributed by atoms with van der Waals surface area (Å²) in [5, 5.41) is 15.9. The number of rotatable bonds is 13. The Balaban J connectivity index is 1.27. The number of carboxylic acid groups (broad SMARTS) is 1. The zero-order valence-electron chi connectivity index (χ0n) is 31.7. The van der Waals surface area contributed by atoms with Crippen molar-refractivity contribution < 1.29 is 29.0 Å². The molecular formula is C42H48ClN5O6. The molecule has 5 aromatic rings. The van der Waals surface area contributed by atoms with Crippen LogP contribution < -0.4 is 5.32 Å². The van der Waals surface area contributed by atoms with Crippen molar-refractivity contribution in [3.8, 4) is 11.1 Å². The van der Waals surface area contributed by atoms with Gasteiger partial charge in [0, 0.05) is 71.9 Å². The molecule has 0 saturated carbocycles. The van der Waals surface area contributed by atoms with Gasteiger partial charge in [0.25, 0.3) is 0 Å². The Hall–Kier alpha value is -5.42. The molecule has 0 unspecified atom stereocenters. The highest BCUT2D eigenvalue weighted by molar-refractivity contribution is 6.33. The number of ether oxygens (including phenoxy) is 2.